The van der Waals surface area contributed by atoms with Crippen molar-refractivity contribution in [3.63, 3.8) is 0 Å². The number of ether oxygens (including phenoxy) is 3. The number of nitrogens with two attached hydrogens (primary N) is 3. The van der Waals surface area contributed by atoms with Crippen molar-refractivity contribution in [3.8, 4) is 0 Å². The van der Waals surface area contributed by atoms with E-state index in [2.05, 4.69) is 16.0 Å². The largest absolute Gasteiger partial charge is 0.390 e. The minimum absolute atomic E-state index is 0.0376. The molecule has 1 amide bonds. The summed E-state index contributed by atoms with van der Waals surface area (Å²) in [5.74, 6) is -1.87. The van der Waals surface area contributed by atoms with Crippen molar-refractivity contribution in [3.05, 3.63) is 0 Å². The Hall–Kier alpha value is -1.13. The molecule has 43 heavy (non-hydrogen) atoms. The minimum Gasteiger partial charge on any atom is -0.390 e. The standard InChI is InChI=1S/C26H50N6O11/c1-25(39)9-41-23(19(37)22(25)30-2)43-20-11(32-24(38)26(40)7-13(26)29)6-10(28)14(16(20)34)21-18(36)17(35)15(33)12(42-21)8-31-5-3-4-27/h10-23,30-31,33-37,39-40H,3-9,27-29H2,1-2H3,(H,32,38). The van der Waals surface area contributed by atoms with E-state index in [4.69, 9.17) is 31.4 Å². The lowest BCUT2D eigenvalue weighted by molar-refractivity contribution is -0.303. The second-order valence-electron chi connectivity index (χ2n) is 12.6. The molecule has 250 valence electrons. The quantitative estimate of drug-likeness (QED) is 0.0952. The van der Waals surface area contributed by atoms with Crippen molar-refractivity contribution < 1.29 is 54.8 Å². The van der Waals surface area contributed by atoms with Gasteiger partial charge in [0.25, 0.3) is 5.91 Å². The van der Waals surface area contributed by atoms with Gasteiger partial charge in [-0.2, -0.15) is 0 Å². The van der Waals surface area contributed by atoms with E-state index in [-0.39, 0.29) is 26.0 Å². The lowest BCUT2D eigenvalue weighted by Crippen LogP contribution is -2.71. The van der Waals surface area contributed by atoms with Crippen LogP contribution in [-0.4, -0.2) is 165 Å². The molecule has 2 saturated heterocycles. The minimum atomic E-state index is -1.79. The normalized spacial score (nSPS) is 50.3. The van der Waals surface area contributed by atoms with Gasteiger partial charge in [0.2, 0.25) is 0 Å². The molecule has 2 aliphatic heterocycles. The van der Waals surface area contributed by atoms with E-state index in [1.165, 1.54) is 6.92 Å². The fourth-order valence-electron chi connectivity index (χ4n) is 6.54. The number of nitrogens with one attached hydrogen (secondary N) is 3. The van der Waals surface area contributed by atoms with E-state index in [0.29, 0.717) is 19.5 Å². The maximum absolute atomic E-state index is 12.9. The summed E-state index contributed by atoms with van der Waals surface area (Å²) in [7, 11) is 1.54. The molecule has 0 spiro atoms. The van der Waals surface area contributed by atoms with Gasteiger partial charge in [0.1, 0.15) is 36.1 Å². The highest BCUT2D eigenvalue weighted by atomic mass is 16.7. The zero-order valence-corrected chi connectivity index (χ0v) is 24.5. The van der Waals surface area contributed by atoms with Gasteiger partial charge >= 0.3 is 0 Å². The number of hydrogen-bond acceptors (Lipinski definition) is 16. The summed E-state index contributed by atoms with van der Waals surface area (Å²) in [4.78, 5) is 12.9. The van der Waals surface area contributed by atoms with Crippen molar-refractivity contribution in [2.24, 2.45) is 23.1 Å². The van der Waals surface area contributed by atoms with E-state index >= 15 is 0 Å². The van der Waals surface area contributed by atoms with Crippen molar-refractivity contribution >= 4 is 5.91 Å². The second kappa shape index (κ2) is 13.7. The van der Waals surface area contributed by atoms with Gasteiger partial charge in [-0.05, 0) is 39.9 Å². The number of carbonyl (C=O) groups is 1. The van der Waals surface area contributed by atoms with Crippen molar-refractivity contribution in [1.82, 2.24) is 16.0 Å². The Kier molecular flexibility index (Phi) is 11.1. The van der Waals surface area contributed by atoms with Gasteiger partial charge < -0.3 is 83.1 Å². The van der Waals surface area contributed by atoms with Crippen molar-refractivity contribution in [2.45, 2.75) is 117 Å². The van der Waals surface area contributed by atoms with Crippen LogP contribution in [0.1, 0.15) is 26.2 Å². The summed E-state index contributed by atoms with van der Waals surface area (Å²) in [5.41, 5.74) is 14.5. The van der Waals surface area contributed by atoms with Gasteiger partial charge in [0.05, 0.1) is 37.0 Å². The van der Waals surface area contributed by atoms with E-state index in [1.807, 2.05) is 0 Å². The van der Waals surface area contributed by atoms with Crippen LogP contribution >= 0.6 is 0 Å². The van der Waals surface area contributed by atoms with E-state index in [9.17, 15) is 40.5 Å². The molecule has 17 heteroatoms. The lowest BCUT2D eigenvalue weighted by Gasteiger charge is -2.52. The zero-order valence-electron chi connectivity index (χ0n) is 24.5. The molecular formula is C26H50N6O11. The first-order chi connectivity index (χ1) is 20.2. The van der Waals surface area contributed by atoms with Crippen molar-refractivity contribution in [2.75, 3.05) is 33.3 Å². The Bertz CT molecular complexity index is 953. The monoisotopic (exact) mass is 622 g/mol. The molecule has 2 aliphatic carbocycles. The summed E-state index contributed by atoms with van der Waals surface area (Å²) in [6.07, 6.45) is -12.0. The fraction of sp³-hybridized carbons (Fsp3) is 0.962. The van der Waals surface area contributed by atoms with E-state index in [1.54, 1.807) is 7.05 Å². The van der Waals surface area contributed by atoms with Crippen LogP contribution in [0.25, 0.3) is 0 Å². The average molecular weight is 623 g/mol. The Labute approximate surface area is 250 Å². The summed E-state index contributed by atoms with van der Waals surface area (Å²) in [6, 6.07) is -3.59. The highest BCUT2D eigenvalue weighted by Gasteiger charge is 2.60. The van der Waals surface area contributed by atoms with Crippen LogP contribution in [0.5, 0.6) is 0 Å². The van der Waals surface area contributed by atoms with Crippen LogP contribution in [0.2, 0.25) is 0 Å². The number of likely N-dealkylation sites (N-methyl/N-ethyl adjacent to an activating group) is 1. The van der Waals surface area contributed by atoms with Gasteiger partial charge in [-0.1, -0.05) is 0 Å². The first kappa shape index (κ1) is 34.7. The molecule has 16 unspecified atom stereocenters. The SMILES string of the molecule is CNC1C(O)C(OC2C(NC(=O)C3(O)CC3N)CC(N)C(C3OC(CNCCCN)C(O)C(O)C3O)C2O)OCC1(C)O. The third-order valence-corrected chi connectivity index (χ3v) is 9.31. The topological polar surface area (TPSA) is 301 Å². The first-order valence-corrected chi connectivity index (χ1v) is 14.9. The highest BCUT2D eigenvalue weighted by molar-refractivity contribution is 5.89. The molecular weight excluding hydrogens is 572 g/mol. The molecule has 0 radical (unpaired) electrons. The fourth-order valence-corrected chi connectivity index (χ4v) is 6.54. The number of aliphatic hydroxyl groups is 7. The Balaban J connectivity index is 1.58. The highest BCUT2D eigenvalue weighted by Crippen LogP contribution is 2.39. The first-order valence-electron chi connectivity index (χ1n) is 14.9. The zero-order chi connectivity index (χ0) is 31.9. The number of carbonyl (C=O) groups excluding carboxylic acids is 1. The molecule has 4 rings (SSSR count). The maximum Gasteiger partial charge on any atom is 0.253 e. The van der Waals surface area contributed by atoms with Gasteiger partial charge in [0, 0.05) is 31.0 Å². The predicted molar refractivity (Wildman–Crippen MR) is 149 cm³/mol. The summed E-state index contributed by atoms with van der Waals surface area (Å²) in [5, 5.41) is 84.7. The number of hydrogen-bond donors (Lipinski definition) is 13. The summed E-state index contributed by atoms with van der Waals surface area (Å²) in [6.45, 7) is 2.33. The number of aliphatic hydroxyl groups excluding tert-OH is 5. The molecule has 2 heterocycles. The number of rotatable bonds is 11. The van der Waals surface area contributed by atoms with Crippen LogP contribution < -0.4 is 33.2 Å². The van der Waals surface area contributed by atoms with Gasteiger partial charge in [-0.3, -0.25) is 4.79 Å². The Morgan fingerprint density at radius 1 is 1.05 bits per heavy atom. The molecule has 0 bridgehead atoms. The maximum atomic E-state index is 12.9. The third kappa shape index (κ3) is 7.01. The molecule has 4 fully saturated rings. The molecule has 16 atom stereocenters. The van der Waals surface area contributed by atoms with Gasteiger partial charge in [0.15, 0.2) is 11.9 Å². The molecule has 0 aromatic carbocycles. The third-order valence-electron chi connectivity index (χ3n) is 9.31. The Morgan fingerprint density at radius 3 is 2.33 bits per heavy atom. The second-order valence-corrected chi connectivity index (χ2v) is 12.6. The van der Waals surface area contributed by atoms with Crippen molar-refractivity contribution in [1.29, 1.82) is 0 Å². The van der Waals surface area contributed by atoms with E-state index in [0.717, 1.165) is 0 Å². The summed E-state index contributed by atoms with van der Waals surface area (Å²) < 4.78 is 17.8. The smallest absolute Gasteiger partial charge is 0.253 e. The molecule has 0 aromatic rings. The lowest BCUT2D eigenvalue weighted by atomic mass is 9.72. The van der Waals surface area contributed by atoms with Crippen LogP contribution in [0.15, 0.2) is 0 Å². The molecule has 4 aliphatic rings. The van der Waals surface area contributed by atoms with Crippen LogP contribution in [0.4, 0.5) is 0 Å². The predicted octanol–water partition coefficient (Wildman–Crippen LogP) is -7.13. The van der Waals surface area contributed by atoms with Crippen LogP contribution in [0.3, 0.4) is 0 Å². The van der Waals surface area contributed by atoms with Crippen LogP contribution in [-0.2, 0) is 19.0 Å². The molecule has 0 aromatic heterocycles. The van der Waals surface area contributed by atoms with Gasteiger partial charge in [-0.25, -0.2) is 0 Å². The molecule has 16 N–H and O–H groups in total. The van der Waals surface area contributed by atoms with E-state index < -0.39 is 102 Å². The summed E-state index contributed by atoms with van der Waals surface area (Å²) >= 11 is 0. The average Bonchev–Trinajstić information content (AvgIpc) is 3.57. The number of amides is 1. The Morgan fingerprint density at radius 2 is 1.72 bits per heavy atom. The molecule has 17 nitrogen and oxygen atoms in total. The van der Waals surface area contributed by atoms with Crippen LogP contribution in [0, 0.1) is 5.92 Å². The van der Waals surface area contributed by atoms with Gasteiger partial charge in [-0.15, -0.1) is 0 Å². The molecule has 2 saturated carbocycles.